The van der Waals surface area contributed by atoms with Crippen molar-refractivity contribution < 1.29 is 57.0 Å². The van der Waals surface area contributed by atoms with Gasteiger partial charge in [-0.1, -0.05) is 133 Å². The summed E-state index contributed by atoms with van der Waals surface area (Å²) in [4.78, 5) is 0. The van der Waals surface area contributed by atoms with Crippen molar-refractivity contribution in [1.29, 1.82) is 0 Å². The first-order chi connectivity index (χ1) is 26.5. The molecule has 0 saturated heterocycles. The van der Waals surface area contributed by atoms with Crippen molar-refractivity contribution in [3.8, 4) is 0 Å². The smallest absolute Gasteiger partial charge is 0.178 e. The van der Waals surface area contributed by atoms with Crippen LogP contribution in [-0.2, 0) is 36.5 Å². The molecule has 0 aliphatic heterocycles. The van der Waals surface area contributed by atoms with Gasteiger partial charge in [0, 0.05) is 63.5 Å². The second-order valence-corrected chi connectivity index (χ2v) is 17.1. The van der Waals surface area contributed by atoms with E-state index in [1.54, 1.807) is 48.5 Å². The molecule has 0 fully saturated rings. The van der Waals surface area contributed by atoms with Gasteiger partial charge in [0.2, 0.25) is 0 Å². The Morgan fingerprint density at radius 3 is 0.679 bits per heavy atom. The number of hydrogen-bond acceptors (Lipinski definition) is 4. The zero-order valence-electron chi connectivity index (χ0n) is 30.6. The molecule has 8 aromatic rings. The van der Waals surface area contributed by atoms with Gasteiger partial charge in [-0.25, -0.2) is 24.3 Å². The Labute approximate surface area is 356 Å². The van der Waals surface area contributed by atoms with E-state index >= 15 is 0 Å². The molecular formula is C48H46FeO4P2Ru. The standard InChI is InChI=1S/2C17H15P.2C7H8O2.Fe.Ru/c2*1-3-9-15(10-4-1)18(17-13-7-8-14-17)16-11-5-2-6-12-16;2*8-7(9)6-4-2-1-3-5-6;;/h2*1-14,18H;2*1-5,7-9H;;. The molecule has 8 aromatic carbocycles. The Morgan fingerprint density at radius 1 is 0.304 bits per heavy atom. The van der Waals surface area contributed by atoms with Crippen LogP contribution in [0.2, 0.25) is 0 Å². The van der Waals surface area contributed by atoms with E-state index in [9.17, 15) is 0 Å². The molecule has 8 heteroatoms. The minimum Gasteiger partial charge on any atom is -0.364 e. The molecule has 0 aliphatic rings. The topological polar surface area (TPSA) is 80.9 Å². The van der Waals surface area contributed by atoms with E-state index in [0.717, 1.165) is 0 Å². The fourth-order valence-electron chi connectivity index (χ4n) is 5.75. The number of benzene rings is 6. The SMILES string of the molecule is OC(O)c1ccccc1.OC(O)c1ccccc1.[Fe].[Ru].c1ccc([PH+](c2ccccc2)[c-]2cccc2)cc1.c1ccc([PH+](c2ccccc2)[c-]2cccc2)cc1. The number of rotatable bonds is 8. The third kappa shape index (κ3) is 14.7. The van der Waals surface area contributed by atoms with Crippen molar-refractivity contribution in [1.82, 2.24) is 0 Å². The first kappa shape index (κ1) is 46.2. The van der Waals surface area contributed by atoms with Crippen LogP contribution in [0.1, 0.15) is 23.7 Å². The maximum Gasteiger partial charge on any atom is 0.178 e. The van der Waals surface area contributed by atoms with E-state index < -0.39 is 28.4 Å². The Hall–Kier alpha value is -4.14. The Balaban J connectivity index is 0.000000208. The van der Waals surface area contributed by atoms with Gasteiger partial charge < -0.3 is 20.4 Å². The van der Waals surface area contributed by atoms with Gasteiger partial charge in [0.05, 0.1) is 21.2 Å². The maximum atomic E-state index is 8.58. The molecular weight excluding hydrogens is 859 g/mol. The van der Waals surface area contributed by atoms with Crippen molar-refractivity contribution in [3.63, 3.8) is 0 Å². The van der Waals surface area contributed by atoms with Crippen LogP contribution in [0.4, 0.5) is 0 Å². The largest absolute Gasteiger partial charge is 0.364 e. The minimum atomic E-state index is -1.34. The van der Waals surface area contributed by atoms with Gasteiger partial charge in [-0.2, -0.15) is 0 Å². The van der Waals surface area contributed by atoms with Crippen molar-refractivity contribution in [2.75, 3.05) is 0 Å². The second kappa shape index (κ2) is 25.9. The summed E-state index contributed by atoms with van der Waals surface area (Å²) in [6.07, 6.45) is -2.68. The number of hydrogen-bond donors (Lipinski definition) is 4. The van der Waals surface area contributed by atoms with E-state index in [1.165, 1.54) is 31.8 Å². The van der Waals surface area contributed by atoms with Crippen LogP contribution in [-0.4, -0.2) is 20.4 Å². The van der Waals surface area contributed by atoms with Gasteiger partial charge >= 0.3 is 0 Å². The third-order valence-corrected chi connectivity index (χ3v) is 13.8. The predicted octanol–water partition coefficient (Wildman–Crippen LogP) is 7.13. The summed E-state index contributed by atoms with van der Waals surface area (Å²) in [5, 5.41) is 43.0. The van der Waals surface area contributed by atoms with Crippen LogP contribution in [0.25, 0.3) is 0 Å². The minimum absolute atomic E-state index is 0. The van der Waals surface area contributed by atoms with Gasteiger partial charge in [0.1, 0.15) is 0 Å². The first-order valence-corrected chi connectivity index (χ1v) is 20.7. The summed E-state index contributed by atoms with van der Waals surface area (Å²) in [7, 11) is -1.67. The van der Waals surface area contributed by atoms with E-state index in [0.29, 0.717) is 11.1 Å². The molecule has 4 nitrogen and oxygen atoms in total. The van der Waals surface area contributed by atoms with Gasteiger partial charge in [-0.05, 0) is 59.1 Å². The van der Waals surface area contributed by atoms with Crippen molar-refractivity contribution >= 4 is 47.7 Å². The van der Waals surface area contributed by atoms with Gasteiger partial charge in [0.15, 0.2) is 12.6 Å². The van der Waals surface area contributed by atoms with Crippen molar-refractivity contribution in [2.24, 2.45) is 0 Å². The molecule has 0 amide bonds. The average molecular weight is 906 g/mol. The zero-order chi connectivity index (χ0) is 37.8. The molecule has 0 spiro atoms. The normalized spacial score (nSPS) is 10.1. The summed E-state index contributed by atoms with van der Waals surface area (Å²) in [5.74, 6) is 0. The summed E-state index contributed by atoms with van der Waals surface area (Å²) >= 11 is 0. The summed E-state index contributed by atoms with van der Waals surface area (Å²) in [6, 6.07) is 78.1. The molecule has 8 rings (SSSR count). The molecule has 0 aliphatic carbocycles. The first-order valence-electron chi connectivity index (χ1n) is 17.7. The van der Waals surface area contributed by atoms with Gasteiger partial charge in [0.25, 0.3) is 0 Å². The van der Waals surface area contributed by atoms with E-state index in [4.69, 9.17) is 20.4 Å². The van der Waals surface area contributed by atoms with Gasteiger partial charge in [-0.15, -0.1) is 24.3 Å². The zero-order valence-corrected chi connectivity index (χ0v) is 35.4. The molecule has 0 aromatic heterocycles. The van der Waals surface area contributed by atoms with Crippen LogP contribution in [0.15, 0.2) is 231 Å². The molecule has 56 heavy (non-hydrogen) atoms. The van der Waals surface area contributed by atoms with Crippen LogP contribution in [0.5, 0.6) is 0 Å². The van der Waals surface area contributed by atoms with Crippen molar-refractivity contribution in [3.05, 3.63) is 242 Å². The van der Waals surface area contributed by atoms with Crippen LogP contribution < -0.4 is 31.8 Å². The summed E-state index contributed by atoms with van der Waals surface area (Å²) in [5.41, 5.74) is 1.05. The molecule has 0 bridgehead atoms. The number of aliphatic hydroxyl groups is 4. The fraction of sp³-hybridized carbons (Fsp3) is 0.0417. The molecule has 0 radical (unpaired) electrons. The molecule has 4 N–H and O–H groups in total. The Bertz CT molecular complexity index is 1870. The quantitative estimate of drug-likeness (QED) is 0.0567. The van der Waals surface area contributed by atoms with Crippen LogP contribution >= 0.6 is 15.8 Å². The molecule has 0 saturated carbocycles. The van der Waals surface area contributed by atoms with Crippen LogP contribution in [0, 0.1) is 0 Å². The Morgan fingerprint density at radius 2 is 0.500 bits per heavy atom. The molecule has 0 unspecified atom stereocenters. The summed E-state index contributed by atoms with van der Waals surface area (Å²) < 4.78 is 0. The predicted molar refractivity (Wildman–Crippen MR) is 232 cm³/mol. The average Bonchev–Trinajstić information content (AvgIpc) is 3.98. The molecule has 0 heterocycles. The molecule has 0 atom stereocenters. The maximum absolute atomic E-state index is 8.58. The molecule has 288 valence electrons. The van der Waals surface area contributed by atoms with Crippen molar-refractivity contribution in [2.45, 2.75) is 12.6 Å². The third-order valence-electron chi connectivity index (χ3n) is 8.35. The van der Waals surface area contributed by atoms with E-state index in [1.807, 2.05) is 12.1 Å². The Kier molecular flexibility index (Phi) is 21.4. The fourth-order valence-corrected chi connectivity index (χ4v) is 10.9. The van der Waals surface area contributed by atoms with Crippen LogP contribution in [0.3, 0.4) is 0 Å². The number of aliphatic hydroxyl groups excluding tert-OH is 2. The monoisotopic (exact) mass is 906 g/mol. The second-order valence-electron chi connectivity index (χ2n) is 12.1. The van der Waals surface area contributed by atoms with Gasteiger partial charge in [-0.3, -0.25) is 0 Å². The van der Waals surface area contributed by atoms with E-state index in [-0.39, 0.29) is 36.5 Å². The van der Waals surface area contributed by atoms with E-state index in [2.05, 4.69) is 170 Å². The summed E-state index contributed by atoms with van der Waals surface area (Å²) in [6.45, 7) is 0.